The van der Waals surface area contributed by atoms with Gasteiger partial charge < -0.3 is 14.4 Å². The average Bonchev–Trinajstić information content (AvgIpc) is 2.45. The van der Waals surface area contributed by atoms with Crippen LogP contribution in [0.3, 0.4) is 0 Å². The summed E-state index contributed by atoms with van der Waals surface area (Å²) in [4.78, 5) is 24.9. The van der Waals surface area contributed by atoms with Crippen LogP contribution in [0.1, 0.15) is 18.9 Å². The number of nitrogens with zero attached hydrogens (tertiary/aromatic N) is 1. The lowest BCUT2D eigenvalue weighted by atomic mass is 10.2. The van der Waals surface area contributed by atoms with E-state index < -0.39 is 5.97 Å². The highest BCUT2D eigenvalue weighted by molar-refractivity contribution is 9.10. The van der Waals surface area contributed by atoms with E-state index in [1.54, 1.807) is 6.07 Å². The number of methoxy groups -OCH3 is 1. The Morgan fingerprint density at radius 2 is 2.05 bits per heavy atom. The smallest absolute Gasteiger partial charge is 0.325 e. The van der Waals surface area contributed by atoms with Crippen molar-refractivity contribution in [2.75, 3.05) is 26.8 Å². The molecule has 0 saturated carbocycles. The lowest BCUT2D eigenvalue weighted by Crippen LogP contribution is -2.39. The molecule has 0 radical (unpaired) electrons. The quantitative estimate of drug-likeness (QED) is 0.703. The Kier molecular flexibility index (Phi) is 7.22. The van der Waals surface area contributed by atoms with Gasteiger partial charge >= 0.3 is 5.97 Å². The predicted octanol–water partition coefficient (Wildman–Crippen LogP) is 2.55. The van der Waals surface area contributed by atoms with E-state index in [-0.39, 0.29) is 19.1 Å². The van der Waals surface area contributed by atoms with Gasteiger partial charge in [-0.15, -0.1) is 0 Å². The van der Waals surface area contributed by atoms with Crippen LogP contribution in [0.15, 0.2) is 22.7 Å². The average molecular weight is 358 g/mol. The molecule has 0 atom stereocenters. The number of carbonyl (C=O) groups is 2. The summed E-state index contributed by atoms with van der Waals surface area (Å²) in [6.07, 6.45) is 0.761. The minimum absolute atomic E-state index is 0.0540. The first kappa shape index (κ1) is 17.5. The number of ether oxygens (including phenoxy) is 2. The number of carbonyl (C=O) groups excluding carboxylic acids is 2. The van der Waals surface area contributed by atoms with Gasteiger partial charge in [-0.2, -0.15) is 0 Å². The zero-order valence-corrected chi connectivity index (χ0v) is 14.1. The molecular weight excluding hydrogens is 338 g/mol. The van der Waals surface area contributed by atoms with E-state index in [9.17, 15) is 9.59 Å². The molecule has 0 saturated heterocycles. The van der Waals surface area contributed by atoms with E-state index in [1.807, 2.05) is 26.0 Å². The maximum Gasteiger partial charge on any atom is 0.325 e. The van der Waals surface area contributed by atoms with Crippen LogP contribution in [0.4, 0.5) is 0 Å². The van der Waals surface area contributed by atoms with Gasteiger partial charge in [-0.05, 0) is 47.0 Å². The summed E-state index contributed by atoms with van der Waals surface area (Å²) in [5, 5.41) is 0. The molecule has 0 aliphatic heterocycles. The van der Waals surface area contributed by atoms with Crippen molar-refractivity contribution < 1.29 is 19.1 Å². The second kappa shape index (κ2) is 8.67. The Balaban J connectivity index is 2.62. The van der Waals surface area contributed by atoms with Gasteiger partial charge in [0.2, 0.25) is 0 Å². The van der Waals surface area contributed by atoms with Crippen molar-refractivity contribution >= 4 is 27.8 Å². The number of esters is 1. The first-order valence-corrected chi connectivity index (χ1v) is 7.50. The predicted molar refractivity (Wildman–Crippen MR) is 83.3 cm³/mol. The molecule has 1 amide bonds. The minimum Gasteiger partial charge on any atom is -0.483 e. The van der Waals surface area contributed by atoms with Crippen LogP contribution in [-0.4, -0.2) is 43.6 Å². The van der Waals surface area contributed by atoms with Crippen molar-refractivity contribution in [1.29, 1.82) is 0 Å². The molecule has 0 bridgehead atoms. The van der Waals surface area contributed by atoms with Crippen LogP contribution in [-0.2, 0) is 14.3 Å². The second-order valence-electron chi connectivity index (χ2n) is 4.61. The summed E-state index contributed by atoms with van der Waals surface area (Å²) in [5.74, 6) is -0.0773. The molecule has 0 fully saturated rings. The first-order valence-electron chi connectivity index (χ1n) is 6.71. The van der Waals surface area contributed by atoms with Crippen molar-refractivity contribution in [3.05, 3.63) is 28.2 Å². The highest BCUT2D eigenvalue weighted by Crippen LogP contribution is 2.25. The molecule has 1 aromatic rings. The van der Waals surface area contributed by atoms with E-state index in [2.05, 4.69) is 20.7 Å². The summed E-state index contributed by atoms with van der Waals surface area (Å²) in [6.45, 7) is 4.24. The van der Waals surface area contributed by atoms with Crippen LogP contribution >= 0.6 is 15.9 Å². The third-order valence-electron chi connectivity index (χ3n) is 2.83. The maximum atomic E-state index is 12.1. The molecule has 0 unspecified atom stereocenters. The van der Waals surface area contributed by atoms with Crippen molar-refractivity contribution in [3.8, 4) is 5.75 Å². The van der Waals surface area contributed by atoms with Gasteiger partial charge in [0.1, 0.15) is 12.3 Å². The molecule has 1 rings (SSSR count). The second-order valence-corrected chi connectivity index (χ2v) is 5.47. The molecule has 5 nitrogen and oxygen atoms in total. The van der Waals surface area contributed by atoms with E-state index in [4.69, 9.17) is 4.74 Å². The molecule has 116 valence electrons. The fraction of sp³-hybridized carbons (Fsp3) is 0.467. The molecular formula is C15H20BrNO4. The molecule has 0 aliphatic rings. The van der Waals surface area contributed by atoms with Gasteiger partial charge in [0, 0.05) is 6.54 Å². The number of amides is 1. The number of hydrogen-bond donors (Lipinski definition) is 0. The number of rotatable bonds is 7. The van der Waals surface area contributed by atoms with E-state index >= 15 is 0 Å². The van der Waals surface area contributed by atoms with Crippen molar-refractivity contribution in [1.82, 2.24) is 4.90 Å². The molecule has 1 aromatic carbocycles. The summed E-state index contributed by atoms with van der Waals surface area (Å²) in [7, 11) is 1.30. The number of halogens is 1. The van der Waals surface area contributed by atoms with Gasteiger partial charge in [0.25, 0.3) is 5.91 Å². The zero-order valence-electron chi connectivity index (χ0n) is 12.5. The van der Waals surface area contributed by atoms with Crippen LogP contribution in [0.25, 0.3) is 0 Å². The monoisotopic (exact) mass is 357 g/mol. The Hall–Kier alpha value is -1.56. The van der Waals surface area contributed by atoms with E-state index in [1.165, 1.54) is 12.0 Å². The molecule has 0 spiro atoms. The summed E-state index contributed by atoms with van der Waals surface area (Å²) < 4.78 is 10.9. The highest BCUT2D eigenvalue weighted by Gasteiger charge is 2.17. The summed E-state index contributed by atoms with van der Waals surface area (Å²) >= 11 is 3.39. The number of benzene rings is 1. The largest absolute Gasteiger partial charge is 0.483 e. The van der Waals surface area contributed by atoms with Gasteiger partial charge in [0.05, 0.1) is 11.6 Å². The third-order valence-corrected chi connectivity index (χ3v) is 3.45. The van der Waals surface area contributed by atoms with Crippen LogP contribution in [0, 0.1) is 6.92 Å². The lowest BCUT2D eigenvalue weighted by molar-refractivity contribution is -0.147. The zero-order chi connectivity index (χ0) is 15.8. The van der Waals surface area contributed by atoms with E-state index in [0.29, 0.717) is 12.3 Å². The Morgan fingerprint density at radius 3 is 2.62 bits per heavy atom. The van der Waals surface area contributed by atoms with Gasteiger partial charge in [-0.25, -0.2) is 0 Å². The van der Waals surface area contributed by atoms with Crippen molar-refractivity contribution in [2.24, 2.45) is 0 Å². The topological polar surface area (TPSA) is 55.8 Å². The van der Waals surface area contributed by atoms with Crippen LogP contribution < -0.4 is 4.74 Å². The van der Waals surface area contributed by atoms with Gasteiger partial charge in [-0.3, -0.25) is 9.59 Å². The molecule has 6 heteroatoms. The highest BCUT2D eigenvalue weighted by atomic mass is 79.9. The first-order chi connectivity index (χ1) is 9.97. The maximum absolute atomic E-state index is 12.1. The Morgan fingerprint density at radius 1 is 1.33 bits per heavy atom. The SMILES string of the molecule is CCCN(CC(=O)OC)C(=O)COc1ccc(C)cc1Br. The van der Waals surface area contributed by atoms with Crippen LogP contribution in [0.2, 0.25) is 0 Å². The molecule has 0 aliphatic carbocycles. The fourth-order valence-electron chi connectivity index (χ4n) is 1.74. The Bertz CT molecular complexity index is 504. The minimum atomic E-state index is -0.437. The van der Waals surface area contributed by atoms with Crippen molar-refractivity contribution in [3.63, 3.8) is 0 Å². The van der Waals surface area contributed by atoms with E-state index in [0.717, 1.165) is 16.5 Å². The third kappa shape index (κ3) is 5.75. The van der Waals surface area contributed by atoms with Gasteiger partial charge in [0.15, 0.2) is 6.61 Å². The summed E-state index contributed by atoms with van der Waals surface area (Å²) in [5.41, 5.74) is 1.10. The normalized spacial score (nSPS) is 10.1. The lowest BCUT2D eigenvalue weighted by Gasteiger charge is -2.21. The number of hydrogen-bond acceptors (Lipinski definition) is 4. The van der Waals surface area contributed by atoms with Gasteiger partial charge in [-0.1, -0.05) is 13.0 Å². The Labute approximate surface area is 133 Å². The summed E-state index contributed by atoms with van der Waals surface area (Å²) in [6, 6.07) is 5.62. The molecule has 0 heterocycles. The fourth-order valence-corrected chi connectivity index (χ4v) is 2.34. The number of aryl methyl sites for hydroxylation is 1. The molecule has 21 heavy (non-hydrogen) atoms. The molecule has 0 aromatic heterocycles. The van der Waals surface area contributed by atoms with Crippen molar-refractivity contribution in [2.45, 2.75) is 20.3 Å². The standard InChI is InChI=1S/C15H20BrNO4/c1-4-7-17(9-15(19)20-3)14(18)10-21-13-6-5-11(2)8-12(13)16/h5-6,8H,4,7,9-10H2,1-3H3. The molecule has 0 N–H and O–H groups in total. The van der Waals surface area contributed by atoms with Crippen LogP contribution in [0.5, 0.6) is 5.75 Å².